The smallest absolute Gasteiger partial charge is 0.338 e. The van der Waals surface area contributed by atoms with Gasteiger partial charge in [0.05, 0.1) is 36.6 Å². The molecule has 0 bridgehead atoms. The fourth-order valence-electron chi connectivity index (χ4n) is 4.00. The average molecular weight is 499 g/mol. The zero-order valence-corrected chi connectivity index (χ0v) is 21.1. The monoisotopic (exact) mass is 498 g/mol. The van der Waals surface area contributed by atoms with E-state index in [2.05, 4.69) is 0 Å². The third-order valence-electron chi connectivity index (χ3n) is 5.42. The summed E-state index contributed by atoms with van der Waals surface area (Å²) < 4.78 is 18.4. The number of rotatable bonds is 8. The minimum Gasteiger partial charge on any atom is -0.493 e. The average Bonchev–Trinajstić information content (AvgIpc) is 3.47. The molecule has 1 aromatic carbocycles. The van der Waals surface area contributed by atoms with E-state index in [9.17, 15) is 9.59 Å². The molecule has 178 valence electrons. The molecule has 0 amide bonds. The van der Waals surface area contributed by atoms with Crippen LogP contribution in [-0.4, -0.2) is 31.4 Å². The highest BCUT2D eigenvalue weighted by atomic mass is 32.1. The lowest BCUT2D eigenvalue weighted by molar-refractivity contribution is -0.139. The van der Waals surface area contributed by atoms with Crippen LogP contribution in [0.4, 0.5) is 0 Å². The quantitative estimate of drug-likeness (QED) is 0.443. The minimum absolute atomic E-state index is 0.218. The van der Waals surface area contributed by atoms with Gasteiger partial charge >= 0.3 is 5.97 Å². The van der Waals surface area contributed by atoms with Gasteiger partial charge in [-0.3, -0.25) is 9.36 Å². The molecule has 0 N–H and O–H groups in total. The second-order valence-corrected chi connectivity index (χ2v) is 9.50. The van der Waals surface area contributed by atoms with Crippen molar-refractivity contribution in [2.75, 3.05) is 20.8 Å². The highest BCUT2D eigenvalue weighted by Gasteiger charge is 2.34. The van der Waals surface area contributed by atoms with Crippen molar-refractivity contribution in [1.82, 2.24) is 4.57 Å². The first kappa shape index (κ1) is 24.0. The predicted octanol–water partition coefficient (Wildman–Crippen LogP) is 3.66. The van der Waals surface area contributed by atoms with Gasteiger partial charge in [-0.05, 0) is 36.9 Å². The topological polar surface area (TPSA) is 79.1 Å². The predicted molar refractivity (Wildman–Crippen MR) is 133 cm³/mol. The fraction of sp³-hybridized carbons (Fsp3) is 0.320. The van der Waals surface area contributed by atoms with E-state index in [4.69, 9.17) is 19.2 Å². The number of thiazole rings is 1. The van der Waals surface area contributed by atoms with Crippen LogP contribution in [0.1, 0.15) is 43.2 Å². The Labute approximate surface area is 205 Å². The number of nitrogens with zero attached hydrogens (tertiary/aromatic N) is 2. The number of carbonyl (C=O) groups excluding carboxylic acids is 1. The lowest BCUT2D eigenvalue weighted by Gasteiger charge is -2.24. The molecule has 7 nitrogen and oxygen atoms in total. The number of hydrogen-bond acceptors (Lipinski definition) is 8. The Balaban J connectivity index is 1.98. The van der Waals surface area contributed by atoms with Gasteiger partial charge < -0.3 is 14.2 Å². The number of fused-ring (bicyclic) bond motifs is 1. The Kier molecular flexibility index (Phi) is 7.33. The van der Waals surface area contributed by atoms with Gasteiger partial charge in [-0.15, -0.1) is 11.3 Å². The molecule has 1 aliphatic rings. The first-order valence-electron chi connectivity index (χ1n) is 11.0. The van der Waals surface area contributed by atoms with Crippen LogP contribution in [0.25, 0.3) is 6.08 Å². The summed E-state index contributed by atoms with van der Waals surface area (Å²) in [5.74, 6) is 0.691. The number of para-hydroxylation sites is 1. The van der Waals surface area contributed by atoms with Crippen molar-refractivity contribution in [3.8, 4) is 11.5 Å². The SMILES string of the molecule is CCCC1=C(C(=O)OCC)[C@@H](c2cccs2)n2c(s/c(=C\c3cccc(OC)c3OC)c2=O)=N1. The third kappa shape index (κ3) is 4.33. The summed E-state index contributed by atoms with van der Waals surface area (Å²) in [7, 11) is 3.14. The molecule has 1 atom stereocenters. The Morgan fingerprint density at radius 2 is 2.00 bits per heavy atom. The van der Waals surface area contributed by atoms with Crippen LogP contribution >= 0.6 is 22.7 Å². The summed E-state index contributed by atoms with van der Waals surface area (Å²) in [6, 6.07) is 8.79. The highest BCUT2D eigenvalue weighted by molar-refractivity contribution is 7.10. The second kappa shape index (κ2) is 10.4. The first-order valence-corrected chi connectivity index (χ1v) is 12.7. The first-order chi connectivity index (χ1) is 16.5. The number of esters is 1. The van der Waals surface area contributed by atoms with Crippen molar-refractivity contribution in [2.24, 2.45) is 4.99 Å². The van der Waals surface area contributed by atoms with Gasteiger partial charge in [-0.2, -0.15) is 0 Å². The third-order valence-corrected chi connectivity index (χ3v) is 7.33. The van der Waals surface area contributed by atoms with E-state index in [1.807, 2.05) is 36.6 Å². The molecule has 0 fully saturated rings. The van der Waals surface area contributed by atoms with E-state index in [1.165, 1.54) is 22.7 Å². The molecule has 1 aliphatic heterocycles. The normalized spacial score (nSPS) is 15.6. The van der Waals surface area contributed by atoms with Gasteiger partial charge in [0.15, 0.2) is 16.3 Å². The number of allylic oxidation sites excluding steroid dienone is 1. The van der Waals surface area contributed by atoms with Crippen LogP contribution in [0, 0.1) is 0 Å². The molecule has 0 saturated carbocycles. The van der Waals surface area contributed by atoms with Crippen molar-refractivity contribution in [3.63, 3.8) is 0 Å². The zero-order chi connectivity index (χ0) is 24.2. The van der Waals surface area contributed by atoms with E-state index in [-0.39, 0.29) is 12.2 Å². The summed E-state index contributed by atoms with van der Waals surface area (Å²) in [5.41, 5.74) is 1.61. The molecule has 0 unspecified atom stereocenters. The Morgan fingerprint density at radius 1 is 1.18 bits per heavy atom. The summed E-state index contributed by atoms with van der Waals surface area (Å²) in [4.78, 5) is 33.0. The number of ether oxygens (including phenoxy) is 3. The fourth-order valence-corrected chi connectivity index (χ4v) is 5.84. The van der Waals surface area contributed by atoms with Gasteiger partial charge in [0.1, 0.15) is 6.04 Å². The summed E-state index contributed by atoms with van der Waals surface area (Å²) in [6.45, 7) is 4.06. The van der Waals surface area contributed by atoms with Crippen molar-refractivity contribution in [2.45, 2.75) is 32.7 Å². The molecule has 0 saturated heterocycles. The van der Waals surface area contributed by atoms with Crippen LogP contribution in [0.3, 0.4) is 0 Å². The van der Waals surface area contributed by atoms with E-state index in [0.29, 0.717) is 38.5 Å². The second-order valence-electron chi connectivity index (χ2n) is 7.51. The highest BCUT2D eigenvalue weighted by Crippen LogP contribution is 2.35. The van der Waals surface area contributed by atoms with Crippen molar-refractivity contribution in [3.05, 3.63) is 77.1 Å². The molecule has 0 radical (unpaired) electrons. The molecule has 3 aromatic rings. The van der Waals surface area contributed by atoms with Crippen molar-refractivity contribution in [1.29, 1.82) is 0 Å². The Morgan fingerprint density at radius 3 is 2.65 bits per heavy atom. The molecule has 0 aliphatic carbocycles. The van der Waals surface area contributed by atoms with Gasteiger partial charge in [0, 0.05) is 10.4 Å². The molecular formula is C25H26N2O5S2. The number of hydrogen-bond donors (Lipinski definition) is 0. The van der Waals surface area contributed by atoms with Crippen LogP contribution in [0.15, 0.2) is 56.8 Å². The van der Waals surface area contributed by atoms with Gasteiger partial charge in [0.2, 0.25) is 0 Å². The van der Waals surface area contributed by atoms with E-state index >= 15 is 0 Å². The number of aromatic nitrogens is 1. The van der Waals surface area contributed by atoms with Gasteiger partial charge in [-0.25, -0.2) is 9.79 Å². The lowest BCUT2D eigenvalue weighted by Crippen LogP contribution is -2.39. The van der Waals surface area contributed by atoms with E-state index in [0.717, 1.165) is 16.9 Å². The molecule has 2 aromatic heterocycles. The maximum Gasteiger partial charge on any atom is 0.338 e. The molecule has 0 spiro atoms. The van der Waals surface area contributed by atoms with Crippen LogP contribution in [-0.2, 0) is 9.53 Å². The standard InChI is InChI=1S/C25H26N2O5S2/c1-5-9-16-20(24(29)32-6-2)21(18-12-8-13-33-18)27-23(28)19(34-25(27)26-16)14-15-10-7-11-17(30-3)22(15)31-4/h7-8,10-14,21H,5-6,9H2,1-4H3/b19-14-/t21-/m1/s1. The number of benzene rings is 1. The summed E-state index contributed by atoms with van der Waals surface area (Å²) in [6.07, 6.45) is 3.21. The van der Waals surface area contributed by atoms with E-state index in [1.54, 1.807) is 37.9 Å². The van der Waals surface area contributed by atoms with Crippen LogP contribution in [0.5, 0.6) is 11.5 Å². The van der Waals surface area contributed by atoms with Gasteiger partial charge in [-0.1, -0.05) is 42.9 Å². The molecule has 4 rings (SSSR count). The van der Waals surface area contributed by atoms with E-state index < -0.39 is 12.0 Å². The minimum atomic E-state index is -0.578. The number of methoxy groups -OCH3 is 2. The number of carbonyl (C=O) groups is 1. The largest absolute Gasteiger partial charge is 0.493 e. The maximum absolute atomic E-state index is 13.7. The summed E-state index contributed by atoms with van der Waals surface area (Å²) >= 11 is 2.80. The lowest BCUT2D eigenvalue weighted by atomic mass is 9.99. The molecule has 34 heavy (non-hydrogen) atoms. The van der Waals surface area contributed by atoms with Crippen molar-refractivity contribution >= 4 is 34.7 Å². The Hall–Kier alpha value is -3.17. The molecular weight excluding hydrogens is 472 g/mol. The molecule has 3 heterocycles. The van der Waals surface area contributed by atoms with Crippen molar-refractivity contribution < 1.29 is 19.0 Å². The van der Waals surface area contributed by atoms with Gasteiger partial charge in [0.25, 0.3) is 5.56 Å². The number of thiophene rings is 1. The summed E-state index contributed by atoms with van der Waals surface area (Å²) in [5, 5.41) is 1.94. The Bertz CT molecular complexity index is 1400. The zero-order valence-electron chi connectivity index (χ0n) is 19.5. The maximum atomic E-state index is 13.7. The van der Waals surface area contributed by atoms with Crippen LogP contribution in [0.2, 0.25) is 0 Å². The molecule has 9 heteroatoms. The van der Waals surface area contributed by atoms with Crippen LogP contribution < -0.4 is 24.4 Å².